The molecule has 2 aromatic rings. The van der Waals surface area contributed by atoms with Gasteiger partial charge in [-0.3, -0.25) is 4.72 Å². The Hall–Kier alpha value is -0.600. The highest BCUT2D eigenvalue weighted by Gasteiger charge is 2.17. The Morgan fingerprint density at radius 3 is 2.58 bits per heavy atom. The average molecular weight is 452 g/mol. The monoisotopic (exact) mass is 451 g/mol. The van der Waals surface area contributed by atoms with Gasteiger partial charge in [-0.15, -0.1) is 0 Å². The van der Waals surface area contributed by atoms with E-state index in [0.29, 0.717) is 11.3 Å². The van der Waals surface area contributed by atoms with Crippen LogP contribution in [0.5, 0.6) is 0 Å². The first kappa shape index (κ1) is 14.8. The number of hydrogen-bond acceptors (Lipinski definition) is 2. The normalized spacial score (nSPS) is 11.3. The predicted molar refractivity (Wildman–Crippen MR) is 88.8 cm³/mol. The van der Waals surface area contributed by atoms with Crippen molar-refractivity contribution in [2.24, 2.45) is 0 Å². The quantitative estimate of drug-likeness (QED) is 0.712. The van der Waals surface area contributed by atoms with Gasteiger partial charge in [0.1, 0.15) is 0 Å². The summed E-state index contributed by atoms with van der Waals surface area (Å²) in [6.07, 6.45) is 0. The van der Waals surface area contributed by atoms with Crippen molar-refractivity contribution in [1.29, 1.82) is 0 Å². The lowest BCUT2D eigenvalue weighted by molar-refractivity contribution is 0.600. The standard InChI is InChI=1S/C13H11BrINO2S/c1-9-5-6-10(14)7-13(9)19(17,18)16-12-4-2-3-11(15)8-12/h2-8,16H,1H3. The lowest BCUT2D eigenvalue weighted by Gasteiger charge is -2.11. The second-order valence-electron chi connectivity index (χ2n) is 4.03. The van der Waals surface area contributed by atoms with Crippen LogP contribution in [0.15, 0.2) is 51.8 Å². The number of halogens is 2. The summed E-state index contributed by atoms with van der Waals surface area (Å²) in [6.45, 7) is 1.77. The van der Waals surface area contributed by atoms with Crippen LogP contribution in [0, 0.1) is 10.5 Å². The molecule has 0 spiro atoms. The Labute approximate surface area is 134 Å². The van der Waals surface area contributed by atoms with Crippen LogP contribution in [0.25, 0.3) is 0 Å². The highest BCUT2D eigenvalue weighted by molar-refractivity contribution is 14.1. The third-order valence-corrected chi connectivity index (χ3v) is 5.20. The summed E-state index contributed by atoms with van der Waals surface area (Å²) < 4.78 is 29.0. The molecule has 100 valence electrons. The molecule has 0 aromatic heterocycles. The molecule has 0 saturated carbocycles. The maximum Gasteiger partial charge on any atom is 0.262 e. The first-order chi connectivity index (χ1) is 8.88. The maximum atomic E-state index is 12.4. The molecule has 0 radical (unpaired) electrons. The summed E-state index contributed by atoms with van der Waals surface area (Å²) >= 11 is 5.43. The topological polar surface area (TPSA) is 46.2 Å². The van der Waals surface area contributed by atoms with Crippen molar-refractivity contribution in [1.82, 2.24) is 0 Å². The summed E-state index contributed by atoms with van der Waals surface area (Å²) in [4.78, 5) is 0.278. The van der Waals surface area contributed by atoms with Gasteiger partial charge in [0, 0.05) is 13.7 Å². The zero-order chi connectivity index (χ0) is 14.0. The molecule has 0 fully saturated rings. The van der Waals surface area contributed by atoms with E-state index in [4.69, 9.17) is 0 Å². The van der Waals surface area contributed by atoms with Crippen LogP contribution in [-0.2, 0) is 10.0 Å². The van der Waals surface area contributed by atoms with Crippen LogP contribution in [0.3, 0.4) is 0 Å². The second kappa shape index (κ2) is 5.80. The van der Waals surface area contributed by atoms with E-state index in [2.05, 4.69) is 43.2 Å². The zero-order valence-electron chi connectivity index (χ0n) is 10.0. The number of benzene rings is 2. The Morgan fingerprint density at radius 1 is 1.16 bits per heavy atom. The number of aryl methyl sites for hydroxylation is 1. The summed E-state index contributed by atoms with van der Waals surface area (Å²) in [5, 5.41) is 0. The van der Waals surface area contributed by atoms with E-state index in [9.17, 15) is 8.42 Å². The minimum Gasteiger partial charge on any atom is -0.280 e. The minimum atomic E-state index is -3.57. The van der Waals surface area contributed by atoms with E-state index >= 15 is 0 Å². The molecule has 3 nitrogen and oxygen atoms in total. The molecule has 0 aliphatic heterocycles. The van der Waals surface area contributed by atoms with Crippen molar-refractivity contribution in [2.75, 3.05) is 4.72 Å². The zero-order valence-corrected chi connectivity index (χ0v) is 14.6. The van der Waals surface area contributed by atoms with Gasteiger partial charge in [-0.2, -0.15) is 0 Å². The van der Waals surface area contributed by atoms with Gasteiger partial charge >= 0.3 is 0 Å². The molecular formula is C13H11BrINO2S. The van der Waals surface area contributed by atoms with Gasteiger partial charge in [0.05, 0.1) is 4.90 Å². The molecule has 0 saturated heterocycles. The van der Waals surface area contributed by atoms with E-state index in [-0.39, 0.29) is 4.90 Å². The molecular weight excluding hydrogens is 441 g/mol. The smallest absolute Gasteiger partial charge is 0.262 e. The molecule has 6 heteroatoms. The fourth-order valence-electron chi connectivity index (χ4n) is 1.63. The Bertz CT molecular complexity index is 716. The van der Waals surface area contributed by atoms with E-state index < -0.39 is 10.0 Å². The van der Waals surface area contributed by atoms with Gasteiger partial charge in [-0.05, 0) is 65.4 Å². The highest BCUT2D eigenvalue weighted by atomic mass is 127. The van der Waals surface area contributed by atoms with E-state index in [1.807, 2.05) is 18.2 Å². The minimum absolute atomic E-state index is 0.278. The van der Waals surface area contributed by atoms with Gasteiger partial charge in [-0.25, -0.2) is 8.42 Å². The number of hydrogen-bond donors (Lipinski definition) is 1. The van der Waals surface area contributed by atoms with Gasteiger partial charge in [-0.1, -0.05) is 28.1 Å². The number of anilines is 1. The van der Waals surface area contributed by atoms with Crippen LogP contribution in [-0.4, -0.2) is 8.42 Å². The lowest BCUT2D eigenvalue weighted by Crippen LogP contribution is -2.14. The third kappa shape index (κ3) is 3.70. The predicted octanol–water partition coefficient (Wildman–Crippen LogP) is 4.16. The number of sulfonamides is 1. The van der Waals surface area contributed by atoms with Crippen molar-refractivity contribution in [2.45, 2.75) is 11.8 Å². The summed E-state index contributed by atoms with van der Waals surface area (Å²) in [7, 11) is -3.57. The van der Waals surface area contributed by atoms with Crippen molar-refractivity contribution in [3.05, 3.63) is 56.1 Å². The van der Waals surface area contributed by atoms with Crippen molar-refractivity contribution >= 4 is 54.2 Å². The maximum absolute atomic E-state index is 12.4. The first-order valence-corrected chi connectivity index (χ1v) is 8.78. The molecule has 19 heavy (non-hydrogen) atoms. The van der Waals surface area contributed by atoms with Gasteiger partial charge < -0.3 is 0 Å². The SMILES string of the molecule is Cc1ccc(Br)cc1S(=O)(=O)Nc1cccc(I)c1. The van der Waals surface area contributed by atoms with Crippen molar-refractivity contribution < 1.29 is 8.42 Å². The van der Waals surface area contributed by atoms with E-state index in [1.165, 1.54) is 0 Å². The molecule has 0 aliphatic carbocycles. The van der Waals surface area contributed by atoms with E-state index in [0.717, 1.165) is 8.04 Å². The van der Waals surface area contributed by atoms with Crippen molar-refractivity contribution in [3.63, 3.8) is 0 Å². The third-order valence-electron chi connectivity index (χ3n) is 2.52. The van der Waals surface area contributed by atoms with Gasteiger partial charge in [0.15, 0.2) is 0 Å². The number of rotatable bonds is 3. The first-order valence-electron chi connectivity index (χ1n) is 5.43. The second-order valence-corrected chi connectivity index (χ2v) is 7.84. The molecule has 0 bridgehead atoms. The molecule has 0 unspecified atom stereocenters. The Kier molecular flexibility index (Phi) is 4.52. The molecule has 1 N–H and O–H groups in total. The van der Waals surface area contributed by atoms with E-state index in [1.54, 1.807) is 31.2 Å². The summed E-state index contributed by atoms with van der Waals surface area (Å²) in [6, 6.07) is 12.4. The Balaban J connectivity index is 2.40. The molecule has 0 aliphatic rings. The molecule has 0 heterocycles. The molecule has 2 aromatic carbocycles. The fraction of sp³-hybridized carbons (Fsp3) is 0.0769. The highest BCUT2D eigenvalue weighted by Crippen LogP contribution is 2.23. The number of nitrogens with one attached hydrogen (secondary N) is 1. The Morgan fingerprint density at radius 2 is 1.89 bits per heavy atom. The van der Waals surface area contributed by atoms with Crippen LogP contribution < -0.4 is 4.72 Å². The largest absolute Gasteiger partial charge is 0.280 e. The summed E-state index contributed by atoms with van der Waals surface area (Å²) in [5.41, 5.74) is 1.27. The van der Waals surface area contributed by atoms with Gasteiger partial charge in [0.2, 0.25) is 0 Å². The summed E-state index contributed by atoms with van der Waals surface area (Å²) in [5.74, 6) is 0. The van der Waals surface area contributed by atoms with Crippen LogP contribution in [0.1, 0.15) is 5.56 Å². The van der Waals surface area contributed by atoms with Crippen LogP contribution in [0.2, 0.25) is 0 Å². The average Bonchev–Trinajstić information content (AvgIpc) is 2.31. The molecule has 0 amide bonds. The molecule has 2 rings (SSSR count). The molecule has 0 atom stereocenters. The van der Waals surface area contributed by atoms with Gasteiger partial charge in [0.25, 0.3) is 10.0 Å². The van der Waals surface area contributed by atoms with Crippen LogP contribution in [0.4, 0.5) is 5.69 Å². The fourth-order valence-corrected chi connectivity index (χ4v) is 4.00. The van der Waals surface area contributed by atoms with Crippen molar-refractivity contribution in [3.8, 4) is 0 Å². The lowest BCUT2D eigenvalue weighted by atomic mass is 10.2. The van der Waals surface area contributed by atoms with Crippen LogP contribution >= 0.6 is 38.5 Å².